The second-order valence-electron chi connectivity index (χ2n) is 6.57. The van der Waals surface area contributed by atoms with E-state index < -0.39 is 29.0 Å². The van der Waals surface area contributed by atoms with Gasteiger partial charge in [-0.25, -0.2) is 4.39 Å². The van der Waals surface area contributed by atoms with Crippen molar-refractivity contribution in [1.82, 2.24) is 4.98 Å². The zero-order chi connectivity index (χ0) is 22.8. The van der Waals surface area contributed by atoms with Crippen molar-refractivity contribution in [2.75, 3.05) is 5.32 Å². The zero-order valence-electron chi connectivity index (χ0n) is 15.9. The SMILES string of the molecule is Cc1cc(F)ccc1Oc1cc(C(F)(F)F)ccc1C(=O)Nc1cc(CCl)[nH]c(=O)c1. The van der Waals surface area contributed by atoms with Crippen molar-refractivity contribution in [3.63, 3.8) is 0 Å². The number of H-pyrrole nitrogens is 1. The third-order valence-electron chi connectivity index (χ3n) is 4.21. The molecule has 0 saturated heterocycles. The molecule has 0 aliphatic rings. The van der Waals surface area contributed by atoms with Crippen molar-refractivity contribution < 1.29 is 27.1 Å². The fraction of sp³-hybridized carbons (Fsp3) is 0.143. The summed E-state index contributed by atoms with van der Waals surface area (Å²) in [5.41, 5.74) is -0.989. The average Bonchev–Trinajstić information content (AvgIpc) is 2.68. The van der Waals surface area contributed by atoms with Gasteiger partial charge in [-0.1, -0.05) is 0 Å². The zero-order valence-corrected chi connectivity index (χ0v) is 16.7. The number of benzene rings is 2. The van der Waals surface area contributed by atoms with Crippen LogP contribution in [0.4, 0.5) is 23.2 Å². The lowest BCUT2D eigenvalue weighted by Gasteiger charge is -2.16. The van der Waals surface area contributed by atoms with E-state index in [1.165, 1.54) is 19.1 Å². The Labute approximate surface area is 178 Å². The van der Waals surface area contributed by atoms with E-state index in [-0.39, 0.29) is 28.6 Å². The molecular weight excluding hydrogens is 440 g/mol. The number of rotatable bonds is 5. The van der Waals surface area contributed by atoms with Crippen LogP contribution in [-0.2, 0) is 12.1 Å². The number of aryl methyl sites for hydroxylation is 1. The molecule has 162 valence electrons. The lowest BCUT2D eigenvalue weighted by atomic mass is 10.1. The number of aromatic nitrogens is 1. The number of halogens is 5. The fourth-order valence-corrected chi connectivity index (χ4v) is 2.90. The molecule has 0 aliphatic carbocycles. The molecule has 0 aliphatic heterocycles. The van der Waals surface area contributed by atoms with Gasteiger partial charge < -0.3 is 15.0 Å². The number of ether oxygens (including phenoxy) is 1. The predicted molar refractivity (Wildman–Crippen MR) is 107 cm³/mol. The molecule has 31 heavy (non-hydrogen) atoms. The molecule has 5 nitrogen and oxygen atoms in total. The molecule has 0 bridgehead atoms. The summed E-state index contributed by atoms with van der Waals surface area (Å²) in [4.78, 5) is 26.9. The summed E-state index contributed by atoms with van der Waals surface area (Å²) in [5.74, 6) is -1.68. The number of nitrogens with one attached hydrogen (secondary N) is 2. The van der Waals surface area contributed by atoms with Crippen LogP contribution in [0.3, 0.4) is 0 Å². The Morgan fingerprint density at radius 1 is 1.10 bits per heavy atom. The van der Waals surface area contributed by atoms with Gasteiger partial charge in [0.25, 0.3) is 5.91 Å². The highest BCUT2D eigenvalue weighted by Gasteiger charge is 2.32. The third kappa shape index (κ3) is 5.43. The molecule has 0 radical (unpaired) electrons. The van der Waals surface area contributed by atoms with E-state index in [2.05, 4.69) is 10.3 Å². The Kier molecular flexibility index (Phi) is 6.35. The lowest BCUT2D eigenvalue weighted by Crippen LogP contribution is -2.17. The van der Waals surface area contributed by atoms with Crippen molar-refractivity contribution in [3.8, 4) is 11.5 Å². The van der Waals surface area contributed by atoms with Crippen molar-refractivity contribution >= 4 is 23.2 Å². The first-order valence-corrected chi connectivity index (χ1v) is 9.36. The Morgan fingerprint density at radius 2 is 1.84 bits per heavy atom. The lowest BCUT2D eigenvalue weighted by molar-refractivity contribution is -0.137. The number of alkyl halides is 4. The predicted octanol–water partition coefficient (Wildman–Crippen LogP) is 5.62. The van der Waals surface area contributed by atoms with Crippen LogP contribution in [0, 0.1) is 12.7 Å². The smallest absolute Gasteiger partial charge is 0.416 e. The summed E-state index contributed by atoms with van der Waals surface area (Å²) in [6.45, 7) is 1.51. The van der Waals surface area contributed by atoms with E-state index in [4.69, 9.17) is 16.3 Å². The van der Waals surface area contributed by atoms with Crippen LogP contribution >= 0.6 is 11.6 Å². The summed E-state index contributed by atoms with van der Waals surface area (Å²) in [7, 11) is 0. The van der Waals surface area contributed by atoms with Crippen LogP contribution in [0.5, 0.6) is 11.5 Å². The van der Waals surface area contributed by atoms with Gasteiger partial charge in [0, 0.05) is 17.4 Å². The van der Waals surface area contributed by atoms with Gasteiger partial charge in [0.05, 0.1) is 17.0 Å². The van der Waals surface area contributed by atoms with Gasteiger partial charge in [0.2, 0.25) is 5.56 Å². The van der Waals surface area contributed by atoms with E-state index >= 15 is 0 Å². The minimum atomic E-state index is -4.67. The second-order valence-corrected chi connectivity index (χ2v) is 6.83. The Bertz CT molecular complexity index is 1190. The molecule has 0 fully saturated rings. The molecule has 1 amide bonds. The molecular formula is C21H15ClF4N2O3. The molecule has 2 aromatic carbocycles. The van der Waals surface area contributed by atoms with Crippen LogP contribution in [0.15, 0.2) is 53.3 Å². The van der Waals surface area contributed by atoms with Crippen molar-refractivity contribution in [3.05, 3.63) is 87.1 Å². The maximum atomic E-state index is 13.3. The molecule has 0 atom stereocenters. The molecule has 2 N–H and O–H groups in total. The van der Waals surface area contributed by atoms with E-state index in [9.17, 15) is 27.2 Å². The highest BCUT2D eigenvalue weighted by atomic mass is 35.5. The number of hydrogen-bond donors (Lipinski definition) is 2. The summed E-state index contributed by atoms with van der Waals surface area (Å²) in [6.07, 6.45) is -4.67. The second kappa shape index (κ2) is 8.81. The van der Waals surface area contributed by atoms with Crippen molar-refractivity contribution in [2.24, 2.45) is 0 Å². The number of anilines is 1. The van der Waals surface area contributed by atoms with Gasteiger partial charge in [-0.2, -0.15) is 13.2 Å². The van der Waals surface area contributed by atoms with Crippen LogP contribution < -0.4 is 15.6 Å². The van der Waals surface area contributed by atoms with Crippen molar-refractivity contribution in [1.29, 1.82) is 0 Å². The molecule has 0 spiro atoms. The largest absolute Gasteiger partial charge is 0.456 e. The van der Waals surface area contributed by atoms with E-state index in [0.717, 1.165) is 30.3 Å². The highest BCUT2D eigenvalue weighted by molar-refractivity contribution is 6.17. The summed E-state index contributed by atoms with van der Waals surface area (Å²) in [6, 6.07) is 8.37. The summed E-state index contributed by atoms with van der Waals surface area (Å²) >= 11 is 5.69. The number of amides is 1. The molecule has 0 saturated carbocycles. The van der Waals surface area contributed by atoms with Gasteiger partial charge in [-0.15, -0.1) is 11.6 Å². The number of hydrogen-bond acceptors (Lipinski definition) is 3. The standard InChI is InChI=1S/C21H15ClF4N2O3/c1-11-6-13(23)3-5-17(11)31-18-7-12(21(24,25)26)2-4-16(18)20(30)28-14-8-15(10-22)27-19(29)9-14/h2-9H,10H2,1H3,(H2,27,28,29,30). The molecule has 3 rings (SSSR count). The van der Waals surface area contributed by atoms with Gasteiger partial charge in [0.15, 0.2) is 0 Å². The molecule has 0 unspecified atom stereocenters. The monoisotopic (exact) mass is 454 g/mol. The van der Waals surface area contributed by atoms with E-state index in [0.29, 0.717) is 17.3 Å². The van der Waals surface area contributed by atoms with Gasteiger partial charge >= 0.3 is 6.18 Å². The van der Waals surface area contributed by atoms with E-state index in [1.54, 1.807) is 0 Å². The van der Waals surface area contributed by atoms with Gasteiger partial charge in [-0.05, 0) is 55.0 Å². The van der Waals surface area contributed by atoms with Crippen LogP contribution in [0.2, 0.25) is 0 Å². The quantitative estimate of drug-likeness (QED) is 0.388. The fourth-order valence-electron chi connectivity index (χ4n) is 2.76. The Morgan fingerprint density at radius 3 is 2.48 bits per heavy atom. The van der Waals surface area contributed by atoms with Crippen LogP contribution in [0.1, 0.15) is 27.2 Å². The maximum absolute atomic E-state index is 13.3. The summed E-state index contributed by atoms with van der Waals surface area (Å²) < 4.78 is 58.5. The molecule has 1 aromatic heterocycles. The number of carbonyl (C=O) groups is 1. The highest BCUT2D eigenvalue weighted by Crippen LogP contribution is 2.36. The Hall–Kier alpha value is -3.33. The third-order valence-corrected chi connectivity index (χ3v) is 4.50. The number of carbonyl (C=O) groups excluding carboxylic acids is 1. The van der Waals surface area contributed by atoms with Gasteiger partial charge in [0.1, 0.15) is 17.3 Å². The topological polar surface area (TPSA) is 71.2 Å². The van der Waals surface area contributed by atoms with E-state index in [1.807, 2.05) is 0 Å². The first kappa shape index (κ1) is 22.4. The average molecular weight is 455 g/mol. The van der Waals surface area contributed by atoms with Crippen LogP contribution in [-0.4, -0.2) is 10.9 Å². The molecule has 1 heterocycles. The first-order chi connectivity index (χ1) is 14.6. The first-order valence-electron chi connectivity index (χ1n) is 8.82. The minimum Gasteiger partial charge on any atom is -0.456 e. The Balaban J connectivity index is 2.01. The summed E-state index contributed by atoms with van der Waals surface area (Å²) in [5, 5.41) is 2.44. The van der Waals surface area contributed by atoms with Crippen molar-refractivity contribution in [2.45, 2.75) is 19.0 Å². The minimum absolute atomic E-state index is 0.0164. The maximum Gasteiger partial charge on any atom is 0.416 e. The van der Waals surface area contributed by atoms with Crippen LogP contribution in [0.25, 0.3) is 0 Å². The molecule has 3 aromatic rings. The number of pyridine rings is 1. The molecule has 10 heteroatoms. The number of aromatic amines is 1. The normalized spacial score (nSPS) is 11.3. The van der Waals surface area contributed by atoms with Gasteiger partial charge in [-0.3, -0.25) is 9.59 Å².